The number of thiol groups is 1. The Labute approximate surface area is 219 Å². The number of likely N-dealkylation sites (tertiary alicyclic amines) is 1. The van der Waals surface area contributed by atoms with E-state index >= 15 is 0 Å². The molecular weight excluding hydrogens is 497 g/mol. The van der Waals surface area contributed by atoms with Gasteiger partial charge in [0, 0.05) is 53.4 Å². The van der Waals surface area contributed by atoms with Crippen molar-refractivity contribution in [3.63, 3.8) is 0 Å². The van der Waals surface area contributed by atoms with Crippen molar-refractivity contribution in [1.82, 2.24) is 24.4 Å². The van der Waals surface area contributed by atoms with Gasteiger partial charge in [0.2, 0.25) is 0 Å². The molecule has 2 aliphatic heterocycles. The Kier molecular flexibility index (Phi) is 8.04. The van der Waals surface area contributed by atoms with Crippen molar-refractivity contribution in [3.05, 3.63) is 93.2 Å². The van der Waals surface area contributed by atoms with E-state index in [-0.39, 0.29) is 23.5 Å². The summed E-state index contributed by atoms with van der Waals surface area (Å²) in [5, 5.41) is 2.74. The summed E-state index contributed by atoms with van der Waals surface area (Å²) < 4.78 is 22.0. The molecule has 0 N–H and O–H groups in total. The van der Waals surface area contributed by atoms with Gasteiger partial charge < -0.3 is 9.30 Å². The Morgan fingerprint density at radius 3 is 2.89 bits per heavy atom. The van der Waals surface area contributed by atoms with Gasteiger partial charge in [-0.2, -0.15) is 4.98 Å². The van der Waals surface area contributed by atoms with Gasteiger partial charge in [-0.15, -0.1) is 0 Å². The zero-order valence-corrected chi connectivity index (χ0v) is 22.0. The third-order valence-corrected chi connectivity index (χ3v) is 9.27. The van der Waals surface area contributed by atoms with Crippen LogP contribution in [0, 0.1) is 5.82 Å². The average Bonchev–Trinajstić information content (AvgIpc) is 3.53. The summed E-state index contributed by atoms with van der Waals surface area (Å²) in [6, 6.07) is 6.80. The number of halogens is 2. The Balaban J connectivity index is 1.13. The molecule has 0 spiro atoms. The summed E-state index contributed by atoms with van der Waals surface area (Å²) in [6.07, 6.45) is 12.3. The van der Waals surface area contributed by atoms with Crippen molar-refractivity contribution in [2.75, 3.05) is 19.6 Å². The third-order valence-electron chi connectivity index (χ3n) is 6.81. The summed E-state index contributed by atoms with van der Waals surface area (Å²) in [5.74, 6) is 1.04. The Hall–Kier alpha value is -2.68. The number of aryl methyl sites for hydroxylation is 1. The number of piperidine rings is 1. The molecule has 5 rings (SSSR count). The van der Waals surface area contributed by atoms with Crippen LogP contribution < -0.4 is 4.74 Å². The predicted octanol–water partition coefficient (Wildman–Crippen LogP) is 5.86. The van der Waals surface area contributed by atoms with E-state index in [1.807, 2.05) is 18.6 Å². The zero-order chi connectivity index (χ0) is 24.9. The first-order chi connectivity index (χ1) is 17.6. The largest absolute Gasteiger partial charge is 0.458 e. The first-order valence-corrected chi connectivity index (χ1v) is 14.3. The highest BCUT2D eigenvalue weighted by molar-refractivity contribution is 8.22. The monoisotopic (exact) mass is 527 g/mol. The molecule has 2 aromatic heterocycles. The number of hydrogen-bond acceptors (Lipinski definition) is 5. The highest BCUT2D eigenvalue weighted by Gasteiger charge is 2.24. The van der Waals surface area contributed by atoms with E-state index < -0.39 is 5.82 Å². The van der Waals surface area contributed by atoms with E-state index in [2.05, 4.69) is 48.9 Å². The van der Waals surface area contributed by atoms with Gasteiger partial charge in [0.1, 0.15) is 12.4 Å². The van der Waals surface area contributed by atoms with Gasteiger partial charge in [-0.1, -0.05) is 29.8 Å². The summed E-state index contributed by atoms with van der Waals surface area (Å²) in [5.41, 5.74) is 2.74. The number of nitrogens with zero attached hydrogens (tertiary/aromatic N) is 5. The molecule has 1 aromatic carbocycles. The van der Waals surface area contributed by atoms with Gasteiger partial charge in [0.25, 0.3) is 0 Å². The fourth-order valence-corrected chi connectivity index (χ4v) is 6.96. The van der Waals surface area contributed by atoms with Crippen LogP contribution in [-0.4, -0.2) is 44.1 Å². The lowest BCUT2D eigenvalue weighted by molar-refractivity contribution is 0.227. The number of hydrogen-bond donors (Lipinski definition) is 1. The second-order valence-electron chi connectivity index (χ2n) is 9.14. The van der Waals surface area contributed by atoms with Crippen LogP contribution in [0.5, 0.6) is 6.01 Å². The van der Waals surface area contributed by atoms with E-state index in [9.17, 15) is 4.39 Å². The van der Waals surface area contributed by atoms with Crippen molar-refractivity contribution < 1.29 is 9.13 Å². The van der Waals surface area contributed by atoms with Crippen molar-refractivity contribution in [3.8, 4) is 6.01 Å². The van der Waals surface area contributed by atoms with E-state index in [1.54, 1.807) is 23.2 Å². The number of benzene rings is 1. The molecule has 0 aliphatic carbocycles. The number of ether oxygens (including phenoxy) is 1. The topological polar surface area (TPSA) is 56.1 Å². The molecule has 6 nitrogen and oxygen atoms in total. The second-order valence-corrected chi connectivity index (χ2v) is 11.7. The molecule has 1 fully saturated rings. The Morgan fingerprint density at radius 1 is 1.22 bits per heavy atom. The third kappa shape index (κ3) is 5.99. The van der Waals surface area contributed by atoms with Gasteiger partial charge in [0.15, 0.2) is 0 Å². The van der Waals surface area contributed by atoms with E-state index in [0.29, 0.717) is 16.5 Å². The van der Waals surface area contributed by atoms with Crippen molar-refractivity contribution in [1.29, 1.82) is 0 Å². The van der Waals surface area contributed by atoms with E-state index in [1.165, 1.54) is 11.8 Å². The van der Waals surface area contributed by atoms with Crippen LogP contribution in [0.2, 0.25) is 5.02 Å². The molecule has 0 saturated carbocycles. The molecule has 2 aliphatic rings. The molecule has 4 heterocycles. The van der Waals surface area contributed by atoms with Gasteiger partial charge in [-0.05, 0) is 61.4 Å². The maximum absolute atomic E-state index is 14.0. The number of rotatable bonds is 9. The maximum atomic E-state index is 14.0. The fourth-order valence-electron chi connectivity index (χ4n) is 4.73. The van der Waals surface area contributed by atoms with Crippen LogP contribution in [0.25, 0.3) is 0 Å². The minimum absolute atomic E-state index is 0.0655. The highest BCUT2D eigenvalue weighted by Crippen LogP contribution is 2.44. The molecule has 0 bridgehead atoms. The molecule has 0 amide bonds. The molecule has 3 aromatic rings. The second kappa shape index (κ2) is 11.6. The van der Waals surface area contributed by atoms with E-state index in [4.69, 9.17) is 16.3 Å². The van der Waals surface area contributed by atoms with Crippen molar-refractivity contribution in [2.24, 2.45) is 0 Å². The van der Waals surface area contributed by atoms with Crippen LogP contribution in [-0.2, 0) is 18.9 Å². The summed E-state index contributed by atoms with van der Waals surface area (Å²) in [7, 11) is -0.286. The molecule has 1 unspecified atom stereocenters. The van der Waals surface area contributed by atoms with E-state index in [0.717, 1.165) is 50.5 Å². The van der Waals surface area contributed by atoms with Gasteiger partial charge in [0.05, 0.1) is 12.0 Å². The molecule has 1 saturated heterocycles. The highest BCUT2D eigenvalue weighted by atomic mass is 35.5. The predicted molar refractivity (Wildman–Crippen MR) is 144 cm³/mol. The van der Waals surface area contributed by atoms with Crippen molar-refractivity contribution in [2.45, 2.75) is 44.6 Å². The lowest BCUT2D eigenvalue weighted by atomic mass is 9.93. The minimum Gasteiger partial charge on any atom is -0.458 e. The minimum atomic E-state index is -0.390. The normalized spacial score (nSPS) is 19.5. The lowest BCUT2D eigenvalue weighted by Crippen LogP contribution is -2.34. The summed E-state index contributed by atoms with van der Waals surface area (Å²) in [4.78, 5) is 17.3. The molecule has 190 valence electrons. The van der Waals surface area contributed by atoms with Crippen LogP contribution >= 0.6 is 22.5 Å². The smallest absolute Gasteiger partial charge is 0.316 e. The van der Waals surface area contributed by atoms with Gasteiger partial charge >= 0.3 is 6.01 Å². The van der Waals surface area contributed by atoms with Crippen LogP contribution in [0.15, 0.2) is 65.5 Å². The SMILES string of the molecule is CCn1cncc1C[SH]1C=CC=C1CN1CCC(c2ccnc(OCc3ccc(Cl)cc3F)n2)CC1. The molecular formula is C27H31ClFN5OS. The Morgan fingerprint density at radius 2 is 2.08 bits per heavy atom. The fraction of sp³-hybridized carbons (Fsp3) is 0.370. The van der Waals surface area contributed by atoms with Gasteiger partial charge in [-0.3, -0.25) is 4.90 Å². The Bertz CT molecular complexity index is 1250. The van der Waals surface area contributed by atoms with Crippen LogP contribution in [0.4, 0.5) is 4.39 Å². The quantitative estimate of drug-likeness (QED) is 0.353. The molecule has 0 radical (unpaired) electrons. The van der Waals surface area contributed by atoms with Crippen LogP contribution in [0.3, 0.4) is 0 Å². The van der Waals surface area contributed by atoms with Gasteiger partial charge in [-0.25, -0.2) is 25.3 Å². The molecule has 36 heavy (non-hydrogen) atoms. The first-order valence-electron chi connectivity index (χ1n) is 12.3. The van der Waals surface area contributed by atoms with Crippen molar-refractivity contribution >= 4 is 22.5 Å². The summed E-state index contributed by atoms with van der Waals surface area (Å²) >= 11 is 5.83. The molecule has 9 heteroatoms. The average molecular weight is 528 g/mol. The van der Waals surface area contributed by atoms with Crippen LogP contribution in [0.1, 0.15) is 42.6 Å². The standard InChI is InChI=1S/C27H31ClFN5OS/c1-2-34-19-30-15-23(34)18-36-13-3-4-24(36)16-33-11-8-20(9-12-33)26-7-10-31-27(32-26)35-17-21-5-6-22(28)14-25(21)29/h3-7,10,13-15,19-20,36H,2,8-9,11-12,16-18H2,1H3. The molecule has 1 atom stereocenters. The summed E-state index contributed by atoms with van der Waals surface area (Å²) in [6.45, 7) is 6.29. The zero-order valence-electron chi connectivity index (χ0n) is 20.4. The number of allylic oxidation sites excluding steroid dienone is 2. The number of imidazole rings is 1. The lowest BCUT2D eigenvalue weighted by Gasteiger charge is -2.33. The maximum Gasteiger partial charge on any atom is 0.316 e. The number of aromatic nitrogens is 4. The first kappa shape index (κ1) is 25.0.